The highest BCUT2D eigenvalue weighted by molar-refractivity contribution is 8.14. The van der Waals surface area contributed by atoms with Gasteiger partial charge in [0, 0.05) is 12.4 Å². The van der Waals surface area contributed by atoms with E-state index in [0.717, 1.165) is 33.0 Å². The molecule has 0 unspecified atom stereocenters. The van der Waals surface area contributed by atoms with E-state index in [1.807, 2.05) is 61.6 Å². The van der Waals surface area contributed by atoms with Crippen molar-refractivity contribution in [2.75, 3.05) is 5.75 Å². The molecule has 0 saturated heterocycles. The SMILES string of the molecule is CCSC(=Nc1ccccc1)c1c(O)n(C)c2ccccc12. The first-order chi connectivity index (χ1) is 10.7. The normalized spacial score (nSPS) is 12.0. The molecule has 1 N–H and O–H groups in total. The van der Waals surface area contributed by atoms with Gasteiger partial charge in [-0.05, 0) is 24.0 Å². The summed E-state index contributed by atoms with van der Waals surface area (Å²) in [6.45, 7) is 2.09. The lowest BCUT2D eigenvalue weighted by molar-refractivity contribution is 0.434. The maximum Gasteiger partial charge on any atom is 0.202 e. The maximum atomic E-state index is 10.6. The Bertz CT molecular complexity index is 822. The Morgan fingerprint density at radius 3 is 2.50 bits per heavy atom. The summed E-state index contributed by atoms with van der Waals surface area (Å²) in [5.41, 5.74) is 2.71. The number of aryl methyl sites for hydroxylation is 1. The van der Waals surface area contributed by atoms with Gasteiger partial charge in [-0.15, -0.1) is 11.8 Å². The first-order valence-electron chi connectivity index (χ1n) is 7.25. The van der Waals surface area contributed by atoms with Crippen molar-refractivity contribution in [1.29, 1.82) is 0 Å². The van der Waals surface area contributed by atoms with Crippen LogP contribution in [0.5, 0.6) is 5.88 Å². The minimum Gasteiger partial charge on any atom is -0.494 e. The van der Waals surface area contributed by atoms with Crippen molar-refractivity contribution in [3.05, 3.63) is 60.2 Å². The lowest BCUT2D eigenvalue weighted by atomic mass is 10.2. The average Bonchev–Trinajstić information content (AvgIpc) is 2.80. The maximum absolute atomic E-state index is 10.6. The lowest BCUT2D eigenvalue weighted by Crippen LogP contribution is -1.96. The first kappa shape index (κ1) is 14.7. The van der Waals surface area contributed by atoms with Crippen LogP contribution in [-0.2, 0) is 7.05 Å². The Hall–Kier alpha value is -2.20. The van der Waals surface area contributed by atoms with Crippen LogP contribution in [-0.4, -0.2) is 20.5 Å². The van der Waals surface area contributed by atoms with E-state index in [4.69, 9.17) is 4.99 Å². The summed E-state index contributed by atoms with van der Waals surface area (Å²) in [6.07, 6.45) is 0. The van der Waals surface area contributed by atoms with E-state index >= 15 is 0 Å². The van der Waals surface area contributed by atoms with Gasteiger partial charge in [-0.1, -0.05) is 43.3 Å². The molecule has 0 amide bonds. The molecule has 3 rings (SSSR count). The fraction of sp³-hybridized carbons (Fsp3) is 0.167. The van der Waals surface area contributed by atoms with Gasteiger partial charge >= 0.3 is 0 Å². The number of aromatic hydroxyl groups is 1. The molecule has 0 radical (unpaired) electrons. The van der Waals surface area contributed by atoms with Gasteiger partial charge in [0.15, 0.2) is 0 Å². The van der Waals surface area contributed by atoms with Gasteiger partial charge in [-0.2, -0.15) is 0 Å². The third kappa shape index (κ3) is 2.62. The van der Waals surface area contributed by atoms with Crippen LogP contribution in [0.4, 0.5) is 5.69 Å². The van der Waals surface area contributed by atoms with Gasteiger partial charge in [0.1, 0.15) is 5.04 Å². The molecule has 0 saturated carbocycles. The van der Waals surface area contributed by atoms with Gasteiger partial charge in [-0.25, -0.2) is 4.99 Å². The average molecular weight is 310 g/mol. The molecule has 1 heterocycles. The molecule has 0 bridgehead atoms. The molecular formula is C18H18N2OS. The second kappa shape index (κ2) is 6.28. The smallest absolute Gasteiger partial charge is 0.202 e. The third-order valence-corrected chi connectivity index (χ3v) is 4.42. The molecule has 1 aromatic heterocycles. The van der Waals surface area contributed by atoms with E-state index < -0.39 is 0 Å². The summed E-state index contributed by atoms with van der Waals surface area (Å²) >= 11 is 1.64. The number of hydrogen-bond acceptors (Lipinski definition) is 3. The van der Waals surface area contributed by atoms with Crippen LogP contribution in [0.15, 0.2) is 59.6 Å². The molecule has 0 aliphatic carbocycles. The first-order valence-corrected chi connectivity index (χ1v) is 8.24. The Morgan fingerprint density at radius 1 is 1.09 bits per heavy atom. The number of aliphatic imine (C=N–C) groups is 1. The van der Waals surface area contributed by atoms with E-state index in [9.17, 15) is 5.11 Å². The van der Waals surface area contributed by atoms with Gasteiger partial charge in [0.25, 0.3) is 0 Å². The van der Waals surface area contributed by atoms with E-state index in [1.165, 1.54) is 0 Å². The number of aromatic nitrogens is 1. The molecule has 0 atom stereocenters. The number of rotatable bonds is 3. The quantitative estimate of drug-likeness (QED) is 0.561. The van der Waals surface area contributed by atoms with E-state index in [0.29, 0.717) is 0 Å². The number of hydrogen-bond donors (Lipinski definition) is 1. The molecule has 0 aliphatic heterocycles. The van der Waals surface area contributed by atoms with Crippen LogP contribution in [0.3, 0.4) is 0 Å². The number of fused-ring (bicyclic) bond motifs is 1. The van der Waals surface area contributed by atoms with Crippen molar-refractivity contribution in [2.24, 2.45) is 12.0 Å². The van der Waals surface area contributed by atoms with Crippen molar-refractivity contribution >= 4 is 33.4 Å². The topological polar surface area (TPSA) is 37.5 Å². The minimum atomic E-state index is 0.261. The van der Waals surface area contributed by atoms with Crippen LogP contribution in [0, 0.1) is 0 Å². The number of thioether (sulfide) groups is 1. The monoisotopic (exact) mass is 310 g/mol. The second-order valence-electron chi connectivity index (χ2n) is 4.96. The summed E-state index contributed by atoms with van der Waals surface area (Å²) in [4.78, 5) is 4.75. The zero-order valence-electron chi connectivity index (χ0n) is 12.7. The highest BCUT2D eigenvalue weighted by Crippen LogP contribution is 2.34. The van der Waals surface area contributed by atoms with Gasteiger partial charge < -0.3 is 9.67 Å². The molecule has 0 aliphatic rings. The third-order valence-electron chi connectivity index (χ3n) is 3.56. The minimum absolute atomic E-state index is 0.261. The highest BCUT2D eigenvalue weighted by Gasteiger charge is 2.19. The Labute approximate surface area is 134 Å². The number of nitrogens with zero attached hydrogens (tertiary/aromatic N) is 2. The Morgan fingerprint density at radius 2 is 1.77 bits per heavy atom. The molecule has 3 nitrogen and oxygen atoms in total. The summed E-state index contributed by atoms with van der Waals surface area (Å²) in [6, 6.07) is 17.9. The summed E-state index contributed by atoms with van der Waals surface area (Å²) in [7, 11) is 1.87. The Kier molecular flexibility index (Phi) is 4.20. The molecule has 0 spiro atoms. The lowest BCUT2D eigenvalue weighted by Gasteiger charge is -2.05. The van der Waals surface area contributed by atoms with Crippen molar-refractivity contribution < 1.29 is 5.11 Å². The summed E-state index contributed by atoms with van der Waals surface area (Å²) < 4.78 is 1.81. The molecule has 3 aromatic rings. The summed E-state index contributed by atoms with van der Waals surface area (Å²) in [5.74, 6) is 1.16. The standard InChI is InChI=1S/C18H18N2OS/c1-3-22-17(19-13-9-5-4-6-10-13)16-14-11-7-8-12-15(14)20(2)18(16)21/h4-12,21H,3H2,1-2H3. The highest BCUT2D eigenvalue weighted by atomic mass is 32.2. The van der Waals surface area contributed by atoms with Crippen molar-refractivity contribution in [2.45, 2.75) is 6.92 Å². The predicted octanol–water partition coefficient (Wildman–Crippen LogP) is 4.72. The predicted molar refractivity (Wildman–Crippen MR) is 95.4 cm³/mol. The number of benzene rings is 2. The fourth-order valence-corrected chi connectivity index (χ4v) is 3.30. The van der Waals surface area contributed by atoms with Crippen LogP contribution < -0.4 is 0 Å². The zero-order chi connectivity index (χ0) is 15.5. The summed E-state index contributed by atoms with van der Waals surface area (Å²) in [5, 5.41) is 12.4. The van der Waals surface area contributed by atoms with Gasteiger partial charge in [0.2, 0.25) is 5.88 Å². The van der Waals surface area contributed by atoms with Crippen LogP contribution in [0.2, 0.25) is 0 Å². The van der Waals surface area contributed by atoms with Crippen LogP contribution >= 0.6 is 11.8 Å². The van der Waals surface area contributed by atoms with Crippen LogP contribution in [0.1, 0.15) is 12.5 Å². The zero-order valence-corrected chi connectivity index (χ0v) is 13.5. The molecule has 0 fully saturated rings. The molecule has 4 heteroatoms. The largest absolute Gasteiger partial charge is 0.494 e. The van der Waals surface area contributed by atoms with Crippen molar-refractivity contribution in [1.82, 2.24) is 4.57 Å². The number of para-hydroxylation sites is 2. The van der Waals surface area contributed by atoms with E-state index in [1.54, 1.807) is 16.3 Å². The Balaban J connectivity index is 2.22. The van der Waals surface area contributed by atoms with Crippen molar-refractivity contribution in [3.63, 3.8) is 0 Å². The molecule has 2 aromatic carbocycles. The van der Waals surface area contributed by atoms with Crippen molar-refractivity contribution in [3.8, 4) is 5.88 Å². The fourth-order valence-electron chi connectivity index (χ4n) is 2.51. The van der Waals surface area contributed by atoms with E-state index in [2.05, 4.69) is 6.92 Å². The molecule has 22 heavy (non-hydrogen) atoms. The van der Waals surface area contributed by atoms with Gasteiger partial charge in [-0.3, -0.25) is 0 Å². The van der Waals surface area contributed by atoms with E-state index in [-0.39, 0.29) is 5.88 Å². The molecular weight excluding hydrogens is 292 g/mol. The molecule has 112 valence electrons. The van der Waals surface area contributed by atoms with Gasteiger partial charge in [0.05, 0.1) is 16.8 Å². The second-order valence-corrected chi connectivity index (χ2v) is 6.21. The van der Waals surface area contributed by atoms with Crippen LogP contribution in [0.25, 0.3) is 10.9 Å².